The van der Waals surface area contributed by atoms with Crippen LogP contribution in [0.4, 0.5) is 0 Å². The van der Waals surface area contributed by atoms with Crippen LogP contribution in [0.5, 0.6) is 0 Å². The summed E-state index contributed by atoms with van der Waals surface area (Å²) in [4.78, 5) is 0. The molecule has 1 aromatic rings. The summed E-state index contributed by atoms with van der Waals surface area (Å²) in [5.41, 5.74) is 2.77. The molecule has 0 aliphatic carbocycles. The molecular weight excluding hydrogens is 246 g/mol. The van der Waals surface area contributed by atoms with Gasteiger partial charge < -0.3 is 10.1 Å². The van der Waals surface area contributed by atoms with Gasteiger partial charge in [-0.2, -0.15) is 0 Å². The second kappa shape index (κ2) is 9.15. The molecule has 0 aliphatic heterocycles. The van der Waals surface area contributed by atoms with E-state index in [2.05, 4.69) is 57.3 Å². The average molecular weight is 277 g/mol. The van der Waals surface area contributed by atoms with Crippen molar-refractivity contribution >= 4 is 0 Å². The quantitative estimate of drug-likeness (QED) is 0.741. The molecule has 0 amide bonds. The van der Waals surface area contributed by atoms with Crippen LogP contribution in [0.25, 0.3) is 0 Å². The molecule has 2 heteroatoms. The zero-order valence-electron chi connectivity index (χ0n) is 13.8. The number of nitrogens with one attached hydrogen (secondary N) is 1. The first kappa shape index (κ1) is 17.2. The Balaban J connectivity index is 2.62. The van der Waals surface area contributed by atoms with Crippen molar-refractivity contribution < 1.29 is 4.74 Å². The van der Waals surface area contributed by atoms with Crippen LogP contribution in [0.15, 0.2) is 24.3 Å². The second-order valence-electron chi connectivity index (χ2n) is 6.27. The molecule has 1 aromatic carbocycles. The van der Waals surface area contributed by atoms with Gasteiger partial charge in [0.05, 0.1) is 0 Å². The number of aryl methyl sites for hydroxylation is 1. The summed E-state index contributed by atoms with van der Waals surface area (Å²) in [7, 11) is 1.79. The fourth-order valence-corrected chi connectivity index (χ4v) is 2.43. The third kappa shape index (κ3) is 6.53. The van der Waals surface area contributed by atoms with E-state index in [1.807, 2.05) is 0 Å². The SMILES string of the molecule is COCCC(C)C(CNC(C)C)Cc1ccc(C)cc1. The minimum Gasteiger partial charge on any atom is -0.385 e. The minimum absolute atomic E-state index is 0.546. The molecule has 0 heterocycles. The van der Waals surface area contributed by atoms with Crippen molar-refractivity contribution in [2.45, 2.75) is 46.6 Å². The fraction of sp³-hybridized carbons (Fsp3) is 0.667. The molecule has 2 atom stereocenters. The highest BCUT2D eigenvalue weighted by molar-refractivity contribution is 5.21. The van der Waals surface area contributed by atoms with Gasteiger partial charge in [0.25, 0.3) is 0 Å². The Kier molecular flexibility index (Phi) is 7.86. The molecule has 1 rings (SSSR count). The number of methoxy groups -OCH3 is 1. The molecule has 0 aromatic heterocycles. The van der Waals surface area contributed by atoms with Crippen molar-refractivity contribution in [2.24, 2.45) is 11.8 Å². The first-order valence-electron chi connectivity index (χ1n) is 7.80. The van der Waals surface area contributed by atoms with Crippen LogP contribution < -0.4 is 5.32 Å². The fourth-order valence-electron chi connectivity index (χ4n) is 2.43. The van der Waals surface area contributed by atoms with Gasteiger partial charge in [0.15, 0.2) is 0 Å². The number of hydrogen-bond acceptors (Lipinski definition) is 2. The third-order valence-corrected chi connectivity index (χ3v) is 3.99. The molecule has 0 aliphatic rings. The van der Waals surface area contributed by atoms with E-state index in [0.717, 1.165) is 26.0 Å². The lowest BCUT2D eigenvalue weighted by Crippen LogP contribution is -2.33. The van der Waals surface area contributed by atoms with Gasteiger partial charge in [-0.3, -0.25) is 0 Å². The van der Waals surface area contributed by atoms with Crippen molar-refractivity contribution in [2.75, 3.05) is 20.3 Å². The number of rotatable bonds is 9. The number of hydrogen-bond donors (Lipinski definition) is 1. The Morgan fingerprint density at radius 2 is 1.75 bits per heavy atom. The lowest BCUT2D eigenvalue weighted by molar-refractivity contribution is 0.163. The van der Waals surface area contributed by atoms with Gasteiger partial charge in [-0.25, -0.2) is 0 Å². The van der Waals surface area contributed by atoms with E-state index in [1.54, 1.807) is 7.11 Å². The van der Waals surface area contributed by atoms with Gasteiger partial charge in [0.1, 0.15) is 0 Å². The Morgan fingerprint density at radius 1 is 1.10 bits per heavy atom. The van der Waals surface area contributed by atoms with Crippen LogP contribution in [0, 0.1) is 18.8 Å². The minimum atomic E-state index is 0.546. The molecule has 0 saturated carbocycles. The molecule has 114 valence electrons. The Labute approximate surface area is 124 Å². The smallest absolute Gasteiger partial charge is 0.0464 e. The summed E-state index contributed by atoms with van der Waals surface area (Å²) in [5.74, 6) is 1.33. The summed E-state index contributed by atoms with van der Waals surface area (Å²) in [6.07, 6.45) is 2.28. The predicted octanol–water partition coefficient (Wildman–Crippen LogP) is 3.82. The van der Waals surface area contributed by atoms with E-state index >= 15 is 0 Å². The molecule has 0 bridgehead atoms. The van der Waals surface area contributed by atoms with Gasteiger partial charge in [-0.1, -0.05) is 50.6 Å². The van der Waals surface area contributed by atoms with Crippen molar-refractivity contribution in [3.8, 4) is 0 Å². The van der Waals surface area contributed by atoms with Crippen LogP contribution in [0.3, 0.4) is 0 Å². The third-order valence-electron chi connectivity index (χ3n) is 3.99. The monoisotopic (exact) mass is 277 g/mol. The lowest BCUT2D eigenvalue weighted by Gasteiger charge is -2.25. The maximum absolute atomic E-state index is 5.23. The van der Waals surface area contributed by atoms with Crippen LogP contribution in [0.2, 0.25) is 0 Å². The van der Waals surface area contributed by atoms with Crippen molar-refractivity contribution in [3.05, 3.63) is 35.4 Å². The molecule has 0 saturated heterocycles. The lowest BCUT2D eigenvalue weighted by atomic mass is 9.85. The molecular formula is C18H31NO. The highest BCUT2D eigenvalue weighted by Crippen LogP contribution is 2.20. The molecule has 0 radical (unpaired) electrons. The predicted molar refractivity (Wildman–Crippen MR) is 87.2 cm³/mol. The molecule has 2 nitrogen and oxygen atoms in total. The normalized spacial score (nSPS) is 14.5. The Hall–Kier alpha value is -0.860. The number of ether oxygens (including phenoxy) is 1. The molecule has 0 spiro atoms. The van der Waals surface area contributed by atoms with E-state index in [0.29, 0.717) is 17.9 Å². The molecule has 20 heavy (non-hydrogen) atoms. The van der Waals surface area contributed by atoms with E-state index in [9.17, 15) is 0 Å². The molecule has 2 unspecified atom stereocenters. The van der Waals surface area contributed by atoms with E-state index in [1.165, 1.54) is 11.1 Å². The van der Waals surface area contributed by atoms with Crippen LogP contribution in [-0.4, -0.2) is 26.3 Å². The van der Waals surface area contributed by atoms with Crippen LogP contribution >= 0.6 is 0 Å². The maximum Gasteiger partial charge on any atom is 0.0464 e. The Morgan fingerprint density at radius 3 is 2.30 bits per heavy atom. The van der Waals surface area contributed by atoms with Crippen molar-refractivity contribution in [1.82, 2.24) is 5.32 Å². The van der Waals surface area contributed by atoms with Gasteiger partial charge >= 0.3 is 0 Å². The topological polar surface area (TPSA) is 21.3 Å². The van der Waals surface area contributed by atoms with E-state index < -0.39 is 0 Å². The second-order valence-corrected chi connectivity index (χ2v) is 6.27. The van der Waals surface area contributed by atoms with E-state index in [-0.39, 0.29) is 0 Å². The van der Waals surface area contributed by atoms with Gasteiger partial charge in [-0.05, 0) is 43.7 Å². The average Bonchev–Trinajstić information content (AvgIpc) is 2.42. The molecule has 0 fully saturated rings. The molecule has 1 N–H and O–H groups in total. The van der Waals surface area contributed by atoms with Gasteiger partial charge in [0, 0.05) is 19.8 Å². The zero-order valence-corrected chi connectivity index (χ0v) is 13.8. The first-order chi connectivity index (χ1) is 9.52. The van der Waals surface area contributed by atoms with Gasteiger partial charge in [0.2, 0.25) is 0 Å². The number of benzene rings is 1. The zero-order chi connectivity index (χ0) is 15.0. The highest BCUT2D eigenvalue weighted by atomic mass is 16.5. The summed E-state index contributed by atoms with van der Waals surface area (Å²) >= 11 is 0. The largest absolute Gasteiger partial charge is 0.385 e. The van der Waals surface area contributed by atoms with Gasteiger partial charge in [-0.15, -0.1) is 0 Å². The summed E-state index contributed by atoms with van der Waals surface area (Å²) in [5, 5.41) is 3.59. The summed E-state index contributed by atoms with van der Waals surface area (Å²) < 4.78 is 5.23. The van der Waals surface area contributed by atoms with E-state index in [4.69, 9.17) is 4.74 Å². The highest BCUT2D eigenvalue weighted by Gasteiger charge is 2.18. The maximum atomic E-state index is 5.23. The Bertz CT molecular complexity index is 358. The van der Waals surface area contributed by atoms with Crippen molar-refractivity contribution in [1.29, 1.82) is 0 Å². The summed E-state index contributed by atoms with van der Waals surface area (Å²) in [6, 6.07) is 9.50. The first-order valence-corrected chi connectivity index (χ1v) is 7.80. The van der Waals surface area contributed by atoms with Crippen molar-refractivity contribution in [3.63, 3.8) is 0 Å². The summed E-state index contributed by atoms with van der Waals surface area (Å²) in [6.45, 7) is 10.8. The standard InChI is InChI=1S/C18H31NO/c1-14(2)19-13-18(16(4)10-11-20-5)12-17-8-6-15(3)7-9-17/h6-9,14,16,18-19H,10-13H2,1-5H3. The van der Waals surface area contributed by atoms with Crippen LogP contribution in [-0.2, 0) is 11.2 Å². The van der Waals surface area contributed by atoms with Crippen LogP contribution in [0.1, 0.15) is 38.3 Å².